The minimum absolute atomic E-state index is 0.338. The molecule has 0 bridgehead atoms. The highest BCUT2D eigenvalue weighted by Crippen LogP contribution is 2.32. The summed E-state index contributed by atoms with van der Waals surface area (Å²) in [4.78, 5) is 2.60. The molecular formula is C12H22N2. The maximum absolute atomic E-state index is 3.86. The Labute approximate surface area is 87.4 Å². The first kappa shape index (κ1) is 10.2. The molecule has 0 radical (unpaired) electrons. The molecule has 2 aliphatic rings. The van der Waals surface area contributed by atoms with Crippen LogP contribution in [0.1, 0.15) is 38.5 Å². The Balaban J connectivity index is 2.06. The van der Waals surface area contributed by atoms with Gasteiger partial charge in [-0.15, -0.1) is 6.58 Å². The highest BCUT2D eigenvalue weighted by Gasteiger charge is 2.38. The predicted octanol–water partition coefficient (Wildman–Crippen LogP) is 2.13. The molecule has 2 heteroatoms. The second-order valence-electron chi connectivity index (χ2n) is 4.61. The lowest BCUT2D eigenvalue weighted by atomic mass is 9.87. The number of likely N-dealkylation sites (tertiary alicyclic amines) is 1. The molecule has 2 rings (SSSR count). The van der Waals surface area contributed by atoms with Crippen molar-refractivity contribution in [2.24, 2.45) is 0 Å². The van der Waals surface area contributed by atoms with Crippen LogP contribution in [-0.4, -0.2) is 30.2 Å². The fourth-order valence-corrected chi connectivity index (χ4v) is 2.95. The fraction of sp³-hybridized carbons (Fsp3) is 0.833. The van der Waals surface area contributed by atoms with E-state index in [0.717, 1.165) is 6.54 Å². The third-order valence-electron chi connectivity index (χ3n) is 3.69. The highest BCUT2D eigenvalue weighted by atomic mass is 15.3. The summed E-state index contributed by atoms with van der Waals surface area (Å²) in [6.07, 6.45) is 10.2. The predicted molar refractivity (Wildman–Crippen MR) is 60.2 cm³/mol. The molecule has 0 aliphatic carbocycles. The standard InChI is InChI=1S/C12H22N2/c1-2-10-14-11-6-4-8-12(14)7-3-5-9-13-12/h2,13H,1,3-11H2. The van der Waals surface area contributed by atoms with Crippen molar-refractivity contribution in [2.45, 2.75) is 44.2 Å². The normalized spacial score (nSPS) is 34.6. The van der Waals surface area contributed by atoms with Gasteiger partial charge in [0.05, 0.1) is 5.66 Å². The Morgan fingerprint density at radius 3 is 2.71 bits per heavy atom. The molecule has 0 saturated carbocycles. The molecule has 0 aromatic heterocycles. The van der Waals surface area contributed by atoms with Gasteiger partial charge in [0.15, 0.2) is 0 Å². The van der Waals surface area contributed by atoms with Crippen molar-refractivity contribution in [3.05, 3.63) is 12.7 Å². The van der Waals surface area contributed by atoms with E-state index in [9.17, 15) is 0 Å². The van der Waals surface area contributed by atoms with Crippen LogP contribution < -0.4 is 5.32 Å². The summed E-state index contributed by atoms with van der Waals surface area (Å²) < 4.78 is 0. The molecule has 2 heterocycles. The van der Waals surface area contributed by atoms with Crippen molar-refractivity contribution >= 4 is 0 Å². The quantitative estimate of drug-likeness (QED) is 0.677. The van der Waals surface area contributed by atoms with E-state index < -0.39 is 0 Å². The molecule has 1 unspecified atom stereocenters. The van der Waals surface area contributed by atoms with E-state index in [1.165, 1.54) is 51.6 Å². The van der Waals surface area contributed by atoms with Crippen LogP contribution >= 0.6 is 0 Å². The maximum atomic E-state index is 3.86. The molecule has 0 amide bonds. The summed E-state index contributed by atoms with van der Waals surface area (Å²) in [6, 6.07) is 0. The summed E-state index contributed by atoms with van der Waals surface area (Å²) in [5.41, 5.74) is 0.338. The molecule has 1 spiro atoms. The molecule has 2 nitrogen and oxygen atoms in total. The van der Waals surface area contributed by atoms with Crippen molar-refractivity contribution in [1.82, 2.24) is 10.2 Å². The zero-order valence-corrected chi connectivity index (χ0v) is 9.10. The van der Waals surface area contributed by atoms with E-state index in [1.807, 2.05) is 6.08 Å². The lowest BCUT2D eigenvalue weighted by Gasteiger charge is -2.50. The van der Waals surface area contributed by atoms with Crippen LogP contribution in [0.5, 0.6) is 0 Å². The van der Waals surface area contributed by atoms with Gasteiger partial charge in [-0.05, 0) is 45.1 Å². The number of nitrogens with zero attached hydrogens (tertiary/aromatic N) is 1. The summed E-state index contributed by atoms with van der Waals surface area (Å²) in [6.45, 7) is 7.36. The van der Waals surface area contributed by atoms with Gasteiger partial charge in [-0.25, -0.2) is 0 Å². The molecule has 1 N–H and O–H groups in total. The van der Waals surface area contributed by atoms with Gasteiger partial charge in [0, 0.05) is 13.1 Å². The van der Waals surface area contributed by atoms with Crippen LogP contribution in [0.15, 0.2) is 12.7 Å². The average Bonchev–Trinajstić information content (AvgIpc) is 2.23. The molecule has 0 aromatic rings. The largest absolute Gasteiger partial charge is 0.299 e. The van der Waals surface area contributed by atoms with Gasteiger partial charge in [-0.2, -0.15) is 0 Å². The molecular weight excluding hydrogens is 172 g/mol. The zero-order valence-electron chi connectivity index (χ0n) is 9.10. The Bertz CT molecular complexity index is 186. The molecule has 80 valence electrons. The van der Waals surface area contributed by atoms with Gasteiger partial charge < -0.3 is 0 Å². The number of hydrogen-bond acceptors (Lipinski definition) is 2. The first-order chi connectivity index (χ1) is 6.87. The lowest BCUT2D eigenvalue weighted by molar-refractivity contribution is 0.00489. The van der Waals surface area contributed by atoms with E-state index in [2.05, 4.69) is 16.8 Å². The van der Waals surface area contributed by atoms with Gasteiger partial charge in [-0.3, -0.25) is 10.2 Å². The van der Waals surface area contributed by atoms with Crippen molar-refractivity contribution < 1.29 is 0 Å². The van der Waals surface area contributed by atoms with Gasteiger partial charge in [0.1, 0.15) is 0 Å². The van der Waals surface area contributed by atoms with Crippen LogP contribution in [0, 0.1) is 0 Å². The zero-order chi connectivity index (χ0) is 9.86. The van der Waals surface area contributed by atoms with Crippen molar-refractivity contribution in [1.29, 1.82) is 0 Å². The van der Waals surface area contributed by atoms with Crippen LogP contribution in [0.25, 0.3) is 0 Å². The van der Waals surface area contributed by atoms with E-state index in [1.54, 1.807) is 0 Å². The van der Waals surface area contributed by atoms with Crippen molar-refractivity contribution in [3.8, 4) is 0 Å². The fourth-order valence-electron chi connectivity index (χ4n) is 2.95. The topological polar surface area (TPSA) is 15.3 Å². The summed E-state index contributed by atoms with van der Waals surface area (Å²) in [7, 11) is 0. The van der Waals surface area contributed by atoms with Crippen LogP contribution in [0.2, 0.25) is 0 Å². The maximum Gasteiger partial charge on any atom is 0.0715 e. The second kappa shape index (κ2) is 4.45. The number of rotatable bonds is 2. The van der Waals surface area contributed by atoms with Gasteiger partial charge in [-0.1, -0.05) is 6.08 Å². The lowest BCUT2D eigenvalue weighted by Crippen LogP contribution is -2.62. The SMILES string of the molecule is C=CCN1CCCCC12CCCCN2. The van der Waals surface area contributed by atoms with E-state index in [0.29, 0.717) is 5.66 Å². The third kappa shape index (κ3) is 1.86. The van der Waals surface area contributed by atoms with E-state index >= 15 is 0 Å². The molecule has 0 aromatic carbocycles. The Hall–Kier alpha value is -0.340. The monoisotopic (exact) mass is 194 g/mol. The second-order valence-corrected chi connectivity index (χ2v) is 4.61. The van der Waals surface area contributed by atoms with Crippen LogP contribution in [-0.2, 0) is 0 Å². The first-order valence-electron chi connectivity index (χ1n) is 5.98. The Morgan fingerprint density at radius 1 is 1.21 bits per heavy atom. The van der Waals surface area contributed by atoms with Crippen molar-refractivity contribution in [3.63, 3.8) is 0 Å². The first-order valence-corrected chi connectivity index (χ1v) is 5.98. The summed E-state index contributed by atoms with van der Waals surface area (Å²) >= 11 is 0. The number of piperidine rings is 2. The van der Waals surface area contributed by atoms with Gasteiger partial charge in [0.25, 0.3) is 0 Å². The van der Waals surface area contributed by atoms with Gasteiger partial charge in [0.2, 0.25) is 0 Å². The van der Waals surface area contributed by atoms with E-state index in [-0.39, 0.29) is 0 Å². The summed E-state index contributed by atoms with van der Waals surface area (Å²) in [5.74, 6) is 0. The van der Waals surface area contributed by atoms with Crippen LogP contribution in [0.4, 0.5) is 0 Å². The highest BCUT2D eigenvalue weighted by molar-refractivity contribution is 4.95. The minimum Gasteiger partial charge on any atom is -0.299 e. The molecule has 1 atom stereocenters. The Kier molecular flexibility index (Phi) is 3.24. The third-order valence-corrected chi connectivity index (χ3v) is 3.69. The number of hydrogen-bond donors (Lipinski definition) is 1. The molecule has 2 saturated heterocycles. The van der Waals surface area contributed by atoms with E-state index in [4.69, 9.17) is 0 Å². The minimum atomic E-state index is 0.338. The number of nitrogens with one attached hydrogen (secondary N) is 1. The van der Waals surface area contributed by atoms with Crippen LogP contribution in [0.3, 0.4) is 0 Å². The molecule has 2 aliphatic heterocycles. The van der Waals surface area contributed by atoms with Gasteiger partial charge >= 0.3 is 0 Å². The average molecular weight is 194 g/mol. The Morgan fingerprint density at radius 2 is 2.00 bits per heavy atom. The smallest absolute Gasteiger partial charge is 0.0715 e. The summed E-state index contributed by atoms with van der Waals surface area (Å²) in [5, 5.41) is 3.75. The molecule has 14 heavy (non-hydrogen) atoms. The van der Waals surface area contributed by atoms with Crippen molar-refractivity contribution in [2.75, 3.05) is 19.6 Å². The molecule has 2 fully saturated rings.